The van der Waals surface area contributed by atoms with Gasteiger partial charge in [-0.15, -0.1) is 0 Å². The van der Waals surface area contributed by atoms with E-state index in [4.69, 9.17) is 11.5 Å². The van der Waals surface area contributed by atoms with Crippen LogP contribution >= 0.6 is 0 Å². The summed E-state index contributed by atoms with van der Waals surface area (Å²) >= 11 is 0. The van der Waals surface area contributed by atoms with Gasteiger partial charge in [-0.3, -0.25) is 4.79 Å². The van der Waals surface area contributed by atoms with Gasteiger partial charge in [-0.25, -0.2) is 19.9 Å². The summed E-state index contributed by atoms with van der Waals surface area (Å²) in [7, 11) is 0. The van der Waals surface area contributed by atoms with Crippen molar-refractivity contribution < 1.29 is 4.79 Å². The van der Waals surface area contributed by atoms with Crippen molar-refractivity contribution in [3.8, 4) is 11.1 Å². The summed E-state index contributed by atoms with van der Waals surface area (Å²) in [6.45, 7) is 0. The fourth-order valence-electron chi connectivity index (χ4n) is 3.38. The fraction of sp³-hybridized carbons (Fsp3) is 0.200. The first-order chi connectivity index (χ1) is 13.6. The number of benzene rings is 1. The van der Waals surface area contributed by atoms with E-state index in [2.05, 4.69) is 24.9 Å². The van der Waals surface area contributed by atoms with Gasteiger partial charge >= 0.3 is 0 Å². The molecule has 4 N–H and O–H groups in total. The van der Waals surface area contributed by atoms with Gasteiger partial charge in [0.2, 0.25) is 5.95 Å². The van der Waals surface area contributed by atoms with Gasteiger partial charge < -0.3 is 11.5 Å². The molecule has 3 aromatic rings. The molecule has 0 radical (unpaired) electrons. The lowest BCUT2D eigenvalue weighted by atomic mass is 9.63. The van der Waals surface area contributed by atoms with E-state index in [1.54, 1.807) is 12.4 Å². The van der Waals surface area contributed by atoms with E-state index >= 15 is 0 Å². The van der Waals surface area contributed by atoms with Crippen LogP contribution in [0.25, 0.3) is 11.1 Å². The molecule has 0 aliphatic heterocycles. The number of nitrogen functional groups attached to an aromatic ring is 1. The van der Waals surface area contributed by atoms with E-state index < -0.39 is 11.3 Å². The Kier molecular flexibility index (Phi) is 4.52. The number of rotatable bonds is 4. The van der Waals surface area contributed by atoms with Crippen molar-refractivity contribution in [3.63, 3.8) is 0 Å². The van der Waals surface area contributed by atoms with Gasteiger partial charge in [-0.1, -0.05) is 30.7 Å². The molecule has 1 amide bonds. The third-order valence-electron chi connectivity index (χ3n) is 5.16. The fourth-order valence-corrected chi connectivity index (χ4v) is 3.38. The van der Waals surface area contributed by atoms with Gasteiger partial charge in [0.25, 0.3) is 5.91 Å². The number of amides is 1. The molecule has 1 fully saturated rings. The highest BCUT2D eigenvalue weighted by Gasteiger charge is 2.42. The summed E-state index contributed by atoms with van der Waals surface area (Å²) in [5.41, 5.74) is 14.5. The maximum atomic E-state index is 12.4. The van der Waals surface area contributed by atoms with Gasteiger partial charge in [0, 0.05) is 24.2 Å². The minimum Gasteiger partial charge on any atom is -0.386 e. The molecule has 2 aromatic heterocycles. The number of hydrogen-bond acceptors (Lipinski definition) is 6. The number of aliphatic imine (C=N–C) groups is 1. The summed E-state index contributed by atoms with van der Waals surface area (Å²) < 4.78 is 0. The number of hydrogen-bond donors (Lipinski definition) is 2. The van der Waals surface area contributed by atoms with E-state index in [-0.39, 0.29) is 11.6 Å². The van der Waals surface area contributed by atoms with Crippen LogP contribution in [0.1, 0.15) is 35.3 Å². The predicted octanol–water partition coefficient (Wildman–Crippen LogP) is 2.14. The lowest BCUT2D eigenvalue weighted by molar-refractivity contribution is 0.0996. The van der Waals surface area contributed by atoms with Crippen LogP contribution in [0.3, 0.4) is 0 Å². The molecule has 28 heavy (non-hydrogen) atoms. The minimum atomic E-state index is -0.457. The summed E-state index contributed by atoms with van der Waals surface area (Å²) in [5.74, 6) is 0.110. The van der Waals surface area contributed by atoms with Crippen molar-refractivity contribution in [3.05, 3.63) is 66.5 Å². The maximum absolute atomic E-state index is 12.4. The summed E-state index contributed by atoms with van der Waals surface area (Å²) in [5, 5.41) is 0. The van der Waals surface area contributed by atoms with Gasteiger partial charge in [0.1, 0.15) is 17.9 Å². The first-order valence-electron chi connectivity index (χ1n) is 8.92. The van der Waals surface area contributed by atoms with Gasteiger partial charge in [0.15, 0.2) is 0 Å². The van der Waals surface area contributed by atoms with E-state index in [9.17, 15) is 4.79 Å². The Balaban J connectivity index is 1.61. The molecule has 0 unspecified atom stereocenters. The average Bonchev–Trinajstić information content (AvgIpc) is 2.69. The van der Waals surface area contributed by atoms with Crippen LogP contribution in [-0.4, -0.2) is 31.7 Å². The zero-order valence-corrected chi connectivity index (χ0v) is 15.1. The molecule has 1 aromatic carbocycles. The first kappa shape index (κ1) is 17.7. The summed E-state index contributed by atoms with van der Waals surface area (Å²) in [6.07, 6.45) is 8.93. The number of aromatic nitrogens is 4. The maximum Gasteiger partial charge on any atom is 0.297 e. The third kappa shape index (κ3) is 3.20. The Bertz CT molecular complexity index is 1010. The van der Waals surface area contributed by atoms with Crippen LogP contribution in [-0.2, 0) is 5.41 Å². The molecular formula is C20H19N7O. The van der Waals surface area contributed by atoms with Crippen LogP contribution in [0.15, 0.2) is 60.2 Å². The van der Waals surface area contributed by atoms with Crippen LogP contribution in [0.2, 0.25) is 0 Å². The number of anilines is 1. The molecule has 0 spiro atoms. The second-order valence-electron chi connectivity index (χ2n) is 6.74. The van der Waals surface area contributed by atoms with Gasteiger partial charge in [0.05, 0.1) is 5.41 Å². The Hall–Kier alpha value is -3.68. The Morgan fingerprint density at radius 2 is 1.71 bits per heavy atom. The number of nitrogens with two attached hydrogens (primary N) is 2. The quantitative estimate of drug-likeness (QED) is 0.528. The first-order valence-corrected chi connectivity index (χ1v) is 8.92. The standard InChI is InChI=1S/C20H19N7O/c21-18(27-17(28)16-6-9-23-12-26-16)20(7-1-8-20)15-4-2-13(3-5-15)14-10-24-19(22)25-11-14/h2-6,9-12H,1,7-8H2,(H2,21,27,28)(H2,22,24,25). The molecule has 2 heterocycles. The largest absolute Gasteiger partial charge is 0.386 e. The molecule has 1 saturated carbocycles. The molecule has 8 heteroatoms. The molecule has 140 valence electrons. The molecule has 8 nitrogen and oxygen atoms in total. The van der Waals surface area contributed by atoms with Crippen molar-refractivity contribution in [1.82, 2.24) is 19.9 Å². The van der Waals surface area contributed by atoms with E-state index in [1.807, 2.05) is 24.3 Å². The topological polar surface area (TPSA) is 133 Å². The molecule has 1 aliphatic rings. The summed E-state index contributed by atoms with van der Waals surface area (Å²) in [4.78, 5) is 32.3. The van der Waals surface area contributed by atoms with Crippen molar-refractivity contribution in [2.24, 2.45) is 10.7 Å². The van der Waals surface area contributed by atoms with Crippen molar-refractivity contribution in [1.29, 1.82) is 0 Å². The number of carbonyl (C=O) groups is 1. The Morgan fingerprint density at radius 1 is 1.00 bits per heavy atom. The summed E-state index contributed by atoms with van der Waals surface area (Å²) in [6, 6.07) is 9.54. The SMILES string of the molecule is NC(=NC(=O)c1ccncn1)C1(c2ccc(-c3cnc(N)nc3)cc2)CCC1. The minimum absolute atomic E-state index is 0.228. The van der Waals surface area contributed by atoms with Gasteiger partial charge in [-0.05, 0) is 30.0 Å². The highest BCUT2D eigenvalue weighted by atomic mass is 16.1. The van der Waals surface area contributed by atoms with Crippen LogP contribution in [0.4, 0.5) is 5.95 Å². The average molecular weight is 373 g/mol. The predicted molar refractivity (Wildman–Crippen MR) is 105 cm³/mol. The van der Waals surface area contributed by atoms with E-state index in [0.717, 1.165) is 36.0 Å². The zero-order chi connectivity index (χ0) is 19.6. The molecular weight excluding hydrogens is 354 g/mol. The van der Waals surface area contributed by atoms with Crippen molar-refractivity contribution in [2.75, 3.05) is 5.73 Å². The normalized spacial score (nSPS) is 15.6. The zero-order valence-electron chi connectivity index (χ0n) is 15.1. The molecule has 1 aliphatic carbocycles. The smallest absolute Gasteiger partial charge is 0.297 e. The van der Waals surface area contributed by atoms with E-state index in [0.29, 0.717) is 5.84 Å². The highest BCUT2D eigenvalue weighted by molar-refractivity contribution is 6.05. The van der Waals surface area contributed by atoms with E-state index in [1.165, 1.54) is 18.6 Å². The monoisotopic (exact) mass is 373 g/mol. The van der Waals surface area contributed by atoms with Crippen LogP contribution < -0.4 is 11.5 Å². The number of amidine groups is 1. The molecule has 0 atom stereocenters. The van der Waals surface area contributed by atoms with Gasteiger partial charge in [-0.2, -0.15) is 4.99 Å². The molecule has 4 rings (SSSR count). The molecule has 0 saturated heterocycles. The van der Waals surface area contributed by atoms with Crippen molar-refractivity contribution in [2.45, 2.75) is 24.7 Å². The van der Waals surface area contributed by atoms with Crippen molar-refractivity contribution >= 4 is 17.7 Å². The number of nitrogens with zero attached hydrogens (tertiary/aromatic N) is 5. The highest BCUT2D eigenvalue weighted by Crippen LogP contribution is 2.44. The lowest BCUT2D eigenvalue weighted by Gasteiger charge is -2.41. The van der Waals surface area contributed by atoms with Crippen LogP contribution in [0.5, 0.6) is 0 Å². The molecule has 0 bridgehead atoms. The number of carbonyl (C=O) groups excluding carboxylic acids is 1. The second-order valence-corrected chi connectivity index (χ2v) is 6.74. The Labute approximate surface area is 161 Å². The second kappa shape index (κ2) is 7.15. The lowest BCUT2D eigenvalue weighted by Crippen LogP contribution is -2.47. The third-order valence-corrected chi connectivity index (χ3v) is 5.16. The van der Waals surface area contributed by atoms with Crippen LogP contribution in [0, 0.1) is 0 Å². The Morgan fingerprint density at radius 3 is 2.29 bits per heavy atom.